The van der Waals surface area contributed by atoms with Crippen LogP contribution >= 0.6 is 0 Å². The van der Waals surface area contributed by atoms with Gasteiger partial charge in [-0.2, -0.15) is 0 Å². The van der Waals surface area contributed by atoms with E-state index in [2.05, 4.69) is 10.6 Å². The molecule has 0 aliphatic heterocycles. The summed E-state index contributed by atoms with van der Waals surface area (Å²) in [4.78, 5) is 23.9. The highest BCUT2D eigenvalue weighted by Crippen LogP contribution is 2.15. The Morgan fingerprint density at radius 3 is 2.65 bits per heavy atom. The van der Waals surface area contributed by atoms with Gasteiger partial charge in [0.05, 0.1) is 11.3 Å². The van der Waals surface area contributed by atoms with Gasteiger partial charge in [-0.25, -0.2) is 0 Å². The number of rotatable bonds is 7. The molecule has 0 spiro atoms. The van der Waals surface area contributed by atoms with Crippen LogP contribution in [-0.4, -0.2) is 38.1 Å². The summed E-state index contributed by atoms with van der Waals surface area (Å²) in [5.41, 5.74) is 6.30. The van der Waals surface area contributed by atoms with Crippen LogP contribution in [0.15, 0.2) is 24.3 Å². The molecular weight excluding hydrogens is 258 g/mol. The van der Waals surface area contributed by atoms with Crippen LogP contribution in [0, 0.1) is 0 Å². The van der Waals surface area contributed by atoms with Crippen molar-refractivity contribution in [3.63, 3.8) is 0 Å². The van der Waals surface area contributed by atoms with Crippen LogP contribution in [0.25, 0.3) is 0 Å². The van der Waals surface area contributed by atoms with Gasteiger partial charge in [-0.15, -0.1) is 0 Å². The van der Waals surface area contributed by atoms with Crippen molar-refractivity contribution in [1.29, 1.82) is 0 Å². The molecule has 1 aromatic rings. The van der Waals surface area contributed by atoms with Crippen LogP contribution in [0.2, 0.25) is 0 Å². The fraction of sp³-hybridized carbons (Fsp3) is 0.429. The molecule has 4 N–H and O–H groups in total. The Kier molecular flexibility index (Phi) is 6.69. The van der Waals surface area contributed by atoms with Crippen molar-refractivity contribution in [2.45, 2.75) is 19.4 Å². The van der Waals surface area contributed by atoms with Crippen molar-refractivity contribution < 1.29 is 14.3 Å². The van der Waals surface area contributed by atoms with Crippen LogP contribution in [0.4, 0.5) is 5.69 Å². The van der Waals surface area contributed by atoms with Crippen molar-refractivity contribution in [1.82, 2.24) is 5.32 Å². The predicted octanol–water partition coefficient (Wildman–Crippen LogP) is 0.739. The number of amides is 2. The minimum Gasteiger partial charge on any atom is -0.370 e. The number of benzene rings is 1. The lowest BCUT2D eigenvalue weighted by Gasteiger charge is -2.15. The molecule has 0 aliphatic carbocycles. The lowest BCUT2D eigenvalue weighted by molar-refractivity contribution is -0.125. The number of ether oxygens (including phenoxy) is 1. The van der Waals surface area contributed by atoms with E-state index in [1.807, 2.05) is 6.92 Å². The largest absolute Gasteiger partial charge is 0.370 e. The van der Waals surface area contributed by atoms with Crippen LogP contribution in [-0.2, 0) is 9.53 Å². The molecule has 0 fully saturated rings. The van der Waals surface area contributed by atoms with Crippen molar-refractivity contribution in [3.05, 3.63) is 29.8 Å². The summed E-state index contributed by atoms with van der Waals surface area (Å²) in [7, 11) is 1.41. The second-order valence-corrected chi connectivity index (χ2v) is 4.25. The van der Waals surface area contributed by atoms with Gasteiger partial charge in [0, 0.05) is 20.2 Å². The first-order valence-corrected chi connectivity index (χ1v) is 6.55. The molecule has 6 nitrogen and oxygen atoms in total. The zero-order chi connectivity index (χ0) is 15.0. The van der Waals surface area contributed by atoms with Crippen molar-refractivity contribution in [3.8, 4) is 0 Å². The minimum absolute atomic E-state index is 0.0759. The Morgan fingerprint density at radius 1 is 1.35 bits per heavy atom. The number of para-hydroxylation sites is 1. The zero-order valence-electron chi connectivity index (χ0n) is 11.8. The average Bonchev–Trinajstić information content (AvgIpc) is 2.46. The van der Waals surface area contributed by atoms with Crippen LogP contribution in [0.1, 0.15) is 23.7 Å². The van der Waals surface area contributed by atoms with Gasteiger partial charge in [-0.3, -0.25) is 9.59 Å². The number of hydrogen-bond donors (Lipinski definition) is 3. The van der Waals surface area contributed by atoms with Crippen LogP contribution in [0.3, 0.4) is 0 Å². The molecule has 0 saturated heterocycles. The number of carbonyl (C=O) groups is 2. The van der Waals surface area contributed by atoms with E-state index < -0.39 is 6.10 Å². The van der Waals surface area contributed by atoms with Crippen molar-refractivity contribution in [2.75, 3.05) is 25.5 Å². The predicted molar refractivity (Wildman–Crippen MR) is 77.5 cm³/mol. The third-order valence-corrected chi connectivity index (χ3v) is 2.76. The molecule has 6 heteroatoms. The molecule has 110 valence electrons. The van der Waals surface area contributed by atoms with Gasteiger partial charge in [-0.1, -0.05) is 19.1 Å². The van der Waals surface area contributed by atoms with E-state index in [4.69, 9.17) is 10.5 Å². The number of carbonyl (C=O) groups excluding carboxylic acids is 2. The van der Waals surface area contributed by atoms with E-state index in [0.29, 0.717) is 17.8 Å². The Morgan fingerprint density at radius 2 is 2.05 bits per heavy atom. The fourth-order valence-corrected chi connectivity index (χ4v) is 1.65. The van der Waals surface area contributed by atoms with Gasteiger partial charge in [0.1, 0.15) is 6.10 Å². The summed E-state index contributed by atoms with van der Waals surface area (Å²) in [6.07, 6.45) is 0.112. The Bertz CT molecular complexity index is 459. The summed E-state index contributed by atoms with van der Waals surface area (Å²) in [6.45, 7) is 2.63. The first kappa shape index (κ1) is 16.1. The molecule has 0 aromatic heterocycles. The molecule has 0 saturated carbocycles. The number of nitrogens with one attached hydrogen (secondary N) is 2. The SMILES string of the molecule is CCCNC(=O)c1ccccc1NC(=O)C(CN)OC. The summed E-state index contributed by atoms with van der Waals surface area (Å²) < 4.78 is 4.96. The molecule has 0 radical (unpaired) electrons. The fourth-order valence-electron chi connectivity index (χ4n) is 1.65. The molecule has 20 heavy (non-hydrogen) atoms. The van der Waals surface area contributed by atoms with Crippen LogP contribution in [0.5, 0.6) is 0 Å². The first-order chi connectivity index (χ1) is 9.63. The average molecular weight is 279 g/mol. The summed E-state index contributed by atoms with van der Waals surface area (Å²) in [5, 5.41) is 5.44. The quantitative estimate of drug-likeness (QED) is 0.686. The lowest BCUT2D eigenvalue weighted by Crippen LogP contribution is -2.36. The Balaban J connectivity index is 2.85. The molecule has 1 rings (SSSR count). The second-order valence-electron chi connectivity index (χ2n) is 4.25. The standard InChI is InChI=1S/C14H21N3O3/c1-3-8-16-13(18)10-6-4-5-7-11(10)17-14(19)12(9-15)20-2/h4-7,12H,3,8-9,15H2,1-2H3,(H,16,18)(H,17,19). The third kappa shape index (κ3) is 4.32. The third-order valence-electron chi connectivity index (χ3n) is 2.76. The summed E-state index contributed by atoms with van der Waals surface area (Å²) in [6, 6.07) is 6.82. The van der Waals surface area contributed by atoms with E-state index in [1.54, 1.807) is 24.3 Å². The minimum atomic E-state index is -0.734. The highest BCUT2D eigenvalue weighted by Gasteiger charge is 2.18. The zero-order valence-corrected chi connectivity index (χ0v) is 11.8. The van der Waals surface area contributed by atoms with E-state index in [9.17, 15) is 9.59 Å². The molecule has 0 aliphatic rings. The first-order valence-electron chi connectivity index (χ1n) is 6.55. The second kappa shape index (κ2) is 8.29. The van der Waals surface area contributed by atoms with Gasteiger partial charge in [0.15, 0.2) is 0 Å². The van der Waals surface area contributed by atoms with Crippen LogP contribution < -0.4 is 16.4 Å². The Labute approximate surface area is 118 Å². The van der Waals surface area contributed by atoms with E-state index in [1.165, 1.54) is 7.11 Å². The van der Waals surface area contributed by atoms with Gasteiger partial charge < -0.3 is 21.1 Å². The molecule has 0 bridgehead atoms. The Hall–Kier alpha value is -1.92. The maximum Gasteiger partial charge on any atom is 0.254 e. The van der Waals surface area contributed by atoms with Gasteiger partial charge in [0.2, 0.25) is 0 Å². The molecule has 1 aromatic carbocycles. The maximum atomic E-state index is 12.0. The van der Waals surface area contributed by atoms with Gasteiger partial charge in [0.25, 0.3) is 11.8 Å². The smallest absolute Gasteiger partial charge is 0.254 e. The topological polar surface area (TPSA) is 93.5 Å². The number of hydrogen-bond acceptors (Lipinski definition) is 4. The molecule has 2 amide bonds. The van der Waals surface area contributed by atoms with Gasteiger partial charge >= 0.3 is 0 Å². The van der Waals surface area contributed by atoms with E-state index in [0.717, 1.165) is 6.42 Å². The molecule has 0 heterocycles. The lowest BCUT2D eigenvalue weighted by atomic mass is 10.1. The van der Waals surface area contributed by atoms with E-state index >= 15 is 0 Å². The van der Waals surface area contributed by atoms with E-state index in [-0.39, 0.29) is 18.4 Å². The number of nitrogens with two attached hydrogens (primary N) is 1. The number of anilines is 1. The molecule has 1 atom stereocenters. The highest BCUT2D eigenvalue weighted by molar-refractivity contribution is 6.04. The normalized spacial score (nSPS) is 11.8. The van der Waals surface area contributed by atoms with Crippen molar-refractivity contribution >= 4 is 17.5 Å². The summed E-state index contributed by atoms with van der Waals surface area (Å²) in [5.74, 6) is -0.588. The molecular formula is C14H21N3O3. The molecule has 1 unspecified atom stereocenters. The summed E-state index contributed by atoms with van der Waals surface area (Å²) >= 11 is 0. The maximum absolute atomic E-state index is 12.0. The highest BCUT2D eigenvalue weighted by atomic mass is 16.5. The number of methoxy groups -OCH3 is 1. The van der Waals surface area contributed by atoms with Gasteiger partial charge in [-0.05, 0) is 18.6 Å². The monoisotopic (exact) mass is 279 g/mol. The van der Waals surface area contributed by atoms with Crippen molar-refractivity contribution in [2.24, 2.45) is 5.73 Å².